The molecule has 0 saturated heterocycles. The number of fused-ring (bicyclic) bond motifs is 1. The average molecular weight is 424 g/mol. The van der Waals surface area contributed by atoms with Gasteiger partial charge in [0.1, 0.15) is 11.3 Å². The minimum absolute atomic E-state index is 0.0531. The molecule has 2 N–H and O–H groups in total. The van der Waals surface area contributed by atoms with Crippen molar-refractivity contribution in [3.8, 4) is 11.1 Å². The highest BCUT2D eigenvalue weighted by molar-refractivity contribution is 5.87. The maximum atomic E-state index is 13.1. The summed E-state index contributed by atoms with van der Waals surface area (Å²) in [4.78, 5) is 12.4. The monoisotopic (exact) mass is 424 g/mol. The fourth-order valence-electron chi connectivity index (χ4n) is 3.61. The van der Waals surface area contributed by atoms with Crippen LogP contribution in [0.4, 0.5) is 19.0 Å². The van der Waals surface area contributed by atoms with Gasteiger partial charge in [0.2, 0.25) is 0 Å². The normalized spacial score (nSPS) is 11.7. The molecule has 0 spiro atoms. The van der Waals surface area contributed by atoms with E-state index in [1.165, 1.54) is 13.0 Å². The quantitative estimate of drug-likeness (QED) is 0.506. The Morgan fingerprint density at radius 3 is 2.42 bits per heavy atom. The summed E-state index contributed by atoms with van der Waals surface area (Å²) in [6, 6.07) is 15.2. The summed E-state index contributed by atoms with van der Waals surface area (Å²) < 4.78 is 40.9. The molecule has 158 valence electrons. The standard InChI is InChI=1S/C23H19F3N4O/c1-14-4-5-16(13-20(14)23(24,25)26)12-18(31)11-15-6-8-17(9-7-15)19-3-2-10-30-21(19)22(27)28-29-30/h2-10,13H,11-12,27H2,1H3. The number of carbonyl (C=O) groups excluding carboxylic acids is 1. The summed E-state index contributed by atoms with van der Waals surface area (Å²) in [6.07, 6.45) is -2.60. The zero-order valence-corrected chi connectivity index (χ0v) is 16.6. The van der Waals surface area contributed by atoms with E-state index in [1.54, 1.807) is 16.8 Å². The number of aromatic nitrogens is 3. The van der Waals surface area contributed by atoms with Gasteiger partial charge in [-0.1, -0.05) is 47.7 Å². The Kier molecular flexibility index (Phi) is 5.22. The number of pyridine rings is 1. The Labute approximate surface area is 176 Å². The van der Waals surface area contributed by atoms with E-state index in [0.717, 1.165) is 22.8 Å². The number of anilines is 1. The molecule has 0 atom stereocenters. The Balaban J connectivity index is 1.49. The second kappa shape index (κ2) is 7.86. The summed E-state index contributed by atoms with van der Waals surface area (Å²) in [6.45, 7) is 1.41. The summed E-state index contributed by atoms with van der Waals surface area (Å²) in [7, 11) is 0. The van der Waals surface area contributed by atoms with Crippen LogP contribution in [0.25, 0.3) is 16.6 Å². The molecule has 0 bridgehead atoms. The summed E-state index contributed by atoms with van der Waals surface area (Å²) in [5.74, 6) is 0.169. The van der Waals surface area contributed by atoms with Crippen molar-refractivity contribution in [3.63, 3.8) is 0 Å². The van der Waals surface area contributed by atoms with E-state index in [9.17, 15) is 18.0 Å². The van der Waals surface area contributed by atoms with Gasteiger partial charge in [-0.3, -0.25) is 4.79 Å². The number of carbonyl (C=O) groups is 1. The molecule has 4 rings (SSSR count). The van der Waals surface area contributed by atoms with E-state index < -0.39 is 11.7 Å². The second-order valence-electron chi connectivity index (χ2n) is 7.43. The van der Waals surface area contributed by atoms with Gasteiger partial charge in [0, 0.05) is 24.6 Å². The van der Waals surface area contributed by atoms with Gasteiger partial charge < -0.3 is 5.73 Å². The van der Waals surface area contributed by atoms with Crippen LogP contribution in [0.15, 0.2) is 60.8 Å². The number of Topliss-reactive ketones (excluding diaryl/α,β-unsaturated/α-hetero) is 1. The molecule has 0 aliphatic heterocycles. The van der Waals surface area contributed by atoms with Gasteiger partial charge in [0.25, 0.3) is 0 Å². The second-order valence-corrected chi connectivity index (χ2v) is 7.43. The van der Waals surface area contributed by atoms with E-state index in [0.29, 0.717) is 16.9 Å². The van der Waals surface area contributed by atoms with Crippen molar-refractivity contribution in [1.29, 1.82) is 0 Å². The first-order chi connectivity index (χ1) is 14.7. The van der Waals surface area contributed by atoms with Gasteiger partial charge in [-0.25, -0.2) is 4.52 Å². The Bertz CT molecular complexity index is 1260. The van der Waals surface area contributed by atoms with E-state index >= 15 is 0 Å². The maximum Gasteiger partial charge on any atom is 0.416 e. The molecule has 31 heavy (non-hydrogen) atoms. The third kappa shape index (κ3) is 4.28. The zero-order chi connectivity index (χ0) is 22.2. The van der Waals surface area contributed by atoms with E-state index in [4.69, 9.17) is 5.73 Å². The number of alkyl halides is 3. The van der Waals surface area contributed by atoms with Crippen molar-refractivity contribution in [2.45, 2.75) is 25.9 Å². The van der Waals surface area contributed by atoms with Crippen molar-refractivity contribution in [2.75, 3.05) is 5.73 Å². The molecule has 0 saturated carbocycles. The SMILES string of the molecule is Cc1ccc(CC(=O)Cc2ccc(-c3cccn4nnc(N)c34)cc2)cc1C(F)(F)F. The first-order valence-electron chi connectivity index (χ1n) is 9.59. The Hall–Kier alpha value is -3.68. The van der Waals surface area contributed by atoms with Gasteiger partial charge in [-0.2, -0.15) is 13.2 Å². The molecule has 0 aliphatic carbocycles. The van der Waals surface area contributed by atoms with Crippen LogP contribution in [-0.2, 0) is 23.8 Å². The number of benzene rings is 2. The number of aryl methyl sites for hydroxylation is 1. The molecule has 4 aromatic rings. The molecule has 5 nitrogen and oxygen atoms in total. The van der Waals surface area contributed by atoms with E-state index in [-0.39, 0.29) is 24.2 Å². The summed E-state index contributed by atoms with van der Waals surface area (Å²) in [5.41, 5.74) is 8.95. The molecule has 0 amide bonds. The van der Waals surface area contributed by atoms with Crippen LogP contribution >= 0.6 is 0 Å². The van der Waals surface area contributed by atoms with Crippen molar-refractivity contribution in [2.24, 2.45) is 0 Å². The minimum atomic E-state index is -4.43. The molecule has 0 radical (unpaired) electrons. The molecular weight excluding hydrogens is 405 g/mol. The number of nitrogens with zero attached hydrogens (tertiary/aromatic N) is 3. The smallest absolute Gasteiger partial charge is 0.380 e. The highest BCUT2D eigenvalue weighted by Crippen LogP contribution is 2.32. The predicted octanol–water partition coefficient (Wildman–Crippen LogP) is 4.66. The average Bonchev–Trinajstić information content (AvgIpc) is 3.10. The van der Waals surface area contributed by atoms with Crippen LogP contribution in [0.5, 0.6) is 0 Å². The van der Waals surface area contributed by atoms with Crippen LogP contribution < -0.4 is 5.73 Å². The topological polar surface area (TPSA) is 73.3 Å². The van der Waals surface area contributed by atoms with Gasteiger partial charge in [0.15, 0.2) is 5.82 Å². The van der Waals surface area contributed by atoms with Crippen LogP contribution in [0.1, 0.15) is 22.3 Å². The van der Waals surface area contributed by atoms with Gasteiger partial charge in [0.05, 0.1) is 5.56 Å². The maximum absolute atomic E-state index is 13.1. The Morgan fingerprint density at radius 1 is 1.03 bits per heavy atom. The lowest BCUT2D eigenvalue weighted by molar-refractivity contribution is -0.138. The van der Waals surface area contributed by atoms with Crippen molar-refractivity contribution in [1.82, 2.24) is 14.8 Å². The summed E-state index contributed by atoms with van der Waals surface area (Å²) >= 11 is 0. The van der Waals surface area contributed by atoms with E-state index in [1.807, 2.05) is 36.4 Å². The fraction of sp³-hybridized carbons (Fsp3) is 0.174. The van der Waals surface area contributed by atoms with Crippen LogP contribution in [0.2, 0.25) is 0 Å². The molecule has 2 heterocycles. The largest absolute Gasteiger partial charge is 0.416 e. The molecule has 0 fully saturated rings. The molecule has 0 unspecified atom stereocenters. The molecule has 2 aromatic carbocycles. The number of hydrogen-bond donors (Lipinski definition) is 1. The first kappa shape index (κ1) is 20.6. The Morgan fingerprint density at radius 2 is 1.71 bits per heavy atom. The zero-order valence-electron chi connectivity index (χ0n) is 16.6. The highest BCUT2D eigenvalue weighted by Gasteiger charge is 2.32. The lowest BCUT2D eigenvalue weighted by Gasteiger charge is -2.12. The third-order valence-corrected chi connectivity index (χ3v) is 5.14. The minimum Gasteiger partial charge on any atom is -0.380 e. The fourth-order valence-corrected chi connectivity index (χ4v) is 3.61. The van der Waals surface area contributed by atoms with Crippen LogP contribution in [0, 0.1) is 6.92 Å². The van der Waals surface area contributed by atoms with Gasteiger partial charge >= 0.3 is 6.18 Å². The van der Waals surface area contributed by atoms with Gasteiger partial charge in [-0.05, 0) is 41.3 Å². The van der Waals surface area contributed by atoms with Crippen LogP contribution in [-0.4, -0.2) is 20.6 Å². The predicted molar refractivity (Wildman–Crippen MR) is 111 cm³/mol. The number of rotatable bonds is 5. The molecule has 8 heteroatoms. The lowest BCUT2D eigenvalue weighted by Crippen LogP contribution is -2.11. The molecular formula is C23H19F3N4O. The summed E-state index contributed by atoms with van der Waals surface area (Å²) in [5, 5.41) is 7.84. The number of nitrogens with two attached hydrogens (primary N) is 1. The molecule has 2 aromatic heterocycles. The number of nitrogen functional groups attached to an aromatic ring is 1. The van der Waals surface area contributed by atoms with Crippen molar-refractivity contribution >= 4 is 17.1 Å². The third-order valence-electron chi connectivity index (χ3n) is 5.14. The number of hydrogen-bond acceptors (Lipinski definition) is 4. The van der Waals surface area contributed by atoms with E-state index in [2.05, 4.69) is 10.3 Å². The molecule has 0 aliphatic rings. The number of ketones is 1. The number of halogens is 3. The van der Waals surface area contributed by atoms with Gasteiger partial charge in [-0.15, -0.1) is 5.10 Å². The van der Waals surface area contributed by atoms with Crippen LogP contribution in [0.3, 0.4) is 0 Å². The first-order valence-corrected chi connectivity index (χ1v) is 9.59. The highest BCUT2D eigenvalue weighted by atomic mass is 19.4. The van der Waals surface area contributed by atoms with Crippen molar-refractivity contribution in [3.05, 3.63) is 83.0 Å². The lowest BCUT2D eigenvalue weighted by atomic mass is 9.97. The van der Waals surface area contributed by atoms with Crippen molar-refractivity contribution < 1.29 is 18.0 Å².